The van der Waals surface area contributed by atoms with Gasteiger partial charge in [0.15, 0.2) is 0 Å². The minimum Gasteiger partial charge on any atom is -0.464 e. The molecule has 0 amide bonds. The van der Waals surface area contributed by atoms with Crippen LogP contribution in [0.2, 0.25) is 0 Å². The summed E-state index contributed by atoms with van der Waals surface area (Å²) in [4.78, 5) is 0.272. The number of rotatable bonds is 3. The van der Waals surface area contributed by atoms with Gasteiger partial charge in [0.05, 0.1) is 6.54 Å². The standard InChI is InChI=1S/C13H22N2O3S/c1-11-13(9-12(10-14)18-11)19(16,17)15-7-5-3-2-4-6-8-15/h9H,2-8,10,14H2,1H3. The molecule has 1 aromatic rings. The molecule has 2 rings (SSSR count). The molecule has 19 heavy (non-hydrogen) atoms. The van der Waals surface area contributed by atoms with Crippen molar-refractivity contribution in [2.75, 3.05) is 13.1 Å². The van der Waals surface area contributed by atoms with Gasteiger partial charge in [-0.25, -0.2) is 8.42 Å². The van der Waals surface area contributed by atoms with Crippen molar-refractivity contribution in [1.82, 2.24) is 4.31 Å². The fourth-order valence-corrected chi connectivity index (χ4v) is 4.18. The van der Waals surface area contributed by atoms with Crippen molar-refractivity contribution in [3.05, 3.63) is 17.6 Å². The Morgan fingerprint density at radius 1 is 1.21 bits per heavy atom. The van der Waals surface area contributed by atoms with E-state index in [1.54, 1.807) is 17.3 Å². The second-order valence-corrected chi connectivity index (χ2v) is 6.92. The second kappa shape index (κ2) is 6.07. The van der Waals surface area contributed by atoms with E-state index >= 15 is 0 Å². The van der Waals surface area contributed by atoms with Crippen molar-refractivity contribution < 1.29 is 12.8 Å². The fraction of sp³-hybridized carbons (Fsp3) is 0.692. The number of hydrogen-bond acceptors (Lipinski definition) is 4. The Balaban J connectivity index is 2.26. The molecule has 6 heteroatoms. The first kappa shape index (κ1) is 14.6. The Bertz CT molecular complexity index is 514. The molecule has 0 unspecified atom stereocenters. The summed E-state index contributed by atoms with van der Waals surface area (Å²) in [5.41, 5.74) is 5.50. The molecule has 0 bridgehead atoms. The van der Waals surface area contributed by atoms with Gasteiger partial charge in [-0.3, -0.25) is 0 Å². The minimum atomic E-state index is -3.44. The maximum absolute atomic E-state index is 12.6. The molecule has 108 valence electrons. The summed E-state index contributed by atoms with van der Waals surface area (Å²) >= 11 is 0. The van der Waals surface area contributed by atoms with Gasteiger partial charge in [-0.15, -0.1) is 0 Å². The number of sulfonamides is 1. The van der Waals surface area contributed by atoms with E-state index in [2.05, 4.69) is 0 Å². The molecule has 1 aliphatic rings. The number of nitrogens with two attached hydrogens (primary N) is 1. The molecule has 2 heterocycles. The third-order valence-corrected chi connectivity index (χ3v) is 5.56. The van der Waals surface area contributed by atoms with Gasteiger partial charge < -0.3 is 10.2 Å². The van der Waals surface area contributed by atoms with Gasteiger partial charge >= 0.3 is 0 Å². The van der Waals surface area contributed by atoms with Crippen molar-refractivity contribution in [3.63, 3.8) is 0 Å². The van der Waals surface area contributed by atoms with E-state index in [1.807, 2.05) is 0 Å². The van der Waals surface area contributed by atoms with Crippen LogP contribution in [-0.2, 0) is 16.6 Å². The van der Waals surface area contributed by atoms with Gasteiger partial charge in [0.1, 0.15) is 16.4 Å². The molecular formula is C13H22N2O3S. The van der Waals surface area contributed by atoms with Gasteiger partial charge in [-0.05, 0) is 19.8 Å². The lowest BCUT2D eigenvalue weighted by molar-refractivity contribution is 0.363. The van der Waals surface area contributed by atoms with E-state index in [0.717, 1.165) is 25.7 Å². The molecule has 1 fully saturated rings. The molecule has 1 aromatic heterocycles. The van der Waals surface area contributed by atoms with Gasteiger partial charge in [0.25, 0.3) is 0 Å². The van der Waals surface area contributed by atoms with Crippen LogP contribution in [0.4, 0.5) is 0 Å². The molecule has 2 N–H and O–H groups in total. The van der Waals surface area contributed by atoms with Crippen LogP contribution in [0.25, 0.3) is 0 Å². The van der Waals surface area contributed by atoms with Crippen LogP contribution in [0.3, 0.4) is 0 Å². The first-order valence-electron chi connectivity index (χ1n) is 6.85. The lowest BCUT2D eigenvalue weighted by Crippen LogP contribution is -2.34. The monoisotopic (exact) mass is 286 g/mol. The number of aryl methyl sites for hydroxylation is 1. The summed E-state index contributed by atoms with van der Waals surface area (Å²) in [6.45, 7) is 3.10. The highest BCUT2D eigenvalue weighted by atomic mass is 32.2. The van der Waals surface area contributed by atoms with E-state index in [0.29, 0.717) is 24.6 Å². The number of nitrogens with zero attached hydrogens (tertiary/aromatic N) is 1. The van der Waals surface area contributed by atoms with Crippen LogP contribution in [0.15, 0.2) is 15.4 Å². The summed E-state index contributed by atoms with van der Waals surface area (Å²) in [5.74, 6) is 0.950. The lowest BCUT2D eigenvalue weighted by Gasteiger charge is -2.23. The van der Waals surface area contributed by atoms with Crippen LogP contribution in [-0.4, -0.2) is 25.8 Å². The van der Waals surface area contributed by atoms with E-state index in [9.17, 15) is 8.42 Å². The smallest absolute Gasteiger partial charge is 0.246 e. The highest BCUT2D eigenvalue weighted by Gasteiger charge is 2.28. The van der Waals surface area contributed by atoms with Gasteiger partial charge in [0, 0.05) is 19.2 Å². The molecule has 0 spiro atoms. The van der Waals surface area contributed by atoms with Crippen molar-refractivity contribution in [1.29, 1.82) is 0 Å². The average molecular weight is 286 g/mol. The SMILES string of the molecule is Cc1oc(CN)cc1S(=O)(=O)N1CCCCCCC1. The zero-order chi connectivity index (χ0) is 13.9. The number of furan rings is 1. The van der Waals surface area contributed by atoms with Crippen LogP contribution < -0.4 is 5.73 Å². The maximum Gasteiger partial charge on any atom is 0.246 e. The Kier molecular flexibility index (Phi) is 4.65. The van der Waals surface area contributed by atoms with Crippen LogP contribution >= 0.6 is 0 Å². The first-order chi connectivity index (χ1) is 9.05. The molecule has 0 aliphatic carbocycles. The lowest BCUT2D eigenvalue weighted by atomic mass is 10.1. The van der Waals surface area contributed by atoms with Gasteiger partial charge in [0.2, 0.25) is 10.0 Å². The maximum atomic E-state index is 12.6. The normalized spacial score (nSPS) is 19.1. The zero-order valence-corrected chi connectivity index (χ0v) is 12.2. The van der Waals surface area contributed by atoms with Gasteiger partial charge in [-0.2, -0.15) is 4.31 Å². The van der Waals surface area contributed by atoms with Crippen molar-refractivity contribution in [3.8, 4) is 0 Å². The molecule has 0 saturated carbocycles. The van der Waals surface area contributed by atoms with Gasteiger partial charge in [-0.1, -0.05) is 19.3 Å². The topological polar surface area (TPSA) is 76.5 Å². The molecular weight excluding hydrogens is 264 g/mol. The largest absolute Gasteiger partial charge is 0.464 e. The first-order valence-corrected chi connectivity index (χ1v) is 8.29. The Hall–Kier alpha value is -0.850. The third kappa shape index (κ3) is 3.19. The highest BCUT2D eigenvalue weighted by molar-refractivity contribution is 7.89. The second-order valence-electron chi connectivity index (χ2n) is 5.01. The van der Waals surface area contributed by atoms with Crippen LogP contribution in [0, 0.1) is 6.92 Å². The van der Waals surface area contributed by atoms with E-state index < -0.39 is 10.0 Å². The molecule has 1 saturated heterocycles. The number of hydrogen-bond donors (Lipinski definition) is 1. The van der Waals surface area contributed by atoms with E-state index in [-0.39, 0.29) is 11.4 Å². The molecule has 5 nitrogen and oxygen atoms in total. The van der Waals surface area contributed by atoms with Crippen molar-refractivity contribution >= 4 is 10.0 Å². The summed E-state index contributed by atoms with van der Waals surface area (Å²) < 4.78 is 32.2. The van der Waals surface area contributed by atoms with E-state index in [4.69, 9.17) is 10.2 Å². The predicted octanol–water partition coefficient (Wildman–Crippen LogP) is 2.00. The molecule has 0 aromatic carbocycles. The summed E-state index contributed by atoms with van der Waals surface area (Å²) in [6.07, 6.45) is 5.27. The summed E-state index contributed by atoms with van der Waals surface area (Å²) in [5, 5.41) is 0. The molecule has 0 atom stereocenters. The minimum absolute atomic E-state index is 0.219. The molecule has 0 radical (unpaired) electrons. The fourth-order valence-electron chi connectivity index (χ4n) is 2.48. The summed E-state index contributed by atoms with van der Waals surface area (Å²) in [6, 6.07) is 1.56. The van der Waals surface area contributed by atoms with Crippen molar-refractivity contribution in [2.24, 2.45) is 5.73 Å². The van der Waals surface area contributed by atoms with Crippen LogP contribution in [0.1, 0.15) is 43.6 Å². The van der Waals surface area contributed by atoms with Crippen LogP contribution in [0.5, 0.6) is 0 Å². The summed E-state index contributed by atoms with van der Waals surface area (Å²) in [7, 11) is -3.44. The average Bonchev–Trinajstić information content (AvgIpc) is 2.70. The Labute approximate surface area is 114 Å². The highest BCUT2D eigenvalue weighted by Crippen LogP contribution is 2.25. The quantitative estimate of drug-likeness (QED) is 0.922. The molecule has 1 aliphatic heterocycles. The van der Waals surface area contributed by atoms with Crippen molar-refractivity contribution in [2.45, 2.75) is 50.5 Å². The predicted molar refractivity (Wildman–Crippen MR) is 73.2 cm³/mol. The van der Waals surface area contributed by atoms with E-state index in [1.165, 1.54) is 6.42 Å². The Morgan fingerprint density at radius 3 is 2.32 bits per heavy atom. The zero-order valence-electron chi connectivity index (χ0n) is 11.4. The third-order valence-electron chi connectivity index (χ3n) is 3.56. The Morgan fingerprint density at radius 2 is 1.79 bits per heavy atom.